The lowest BCUT2D eigenvalue weighted by molar-refractivity contribution is -0.124. The van der Waals surface area contributed by atoms with Crippen molar-refractivity contribution < 1.29 is 14.4 Å². The van der Waals surface area contributed by atoms with Crippen LogP contribution in [0.1, 0.15) is 22.3 Å². The lowest BCUT2D eigenvalue weighted by Crippen LogP contribution is -2.52. The summed E-state index contributed by atoms with van der Waals surface area (Å²) in [5.74, 6) is -0.566. The topological polar surface area (TPSA) is 91.4 Å². The van der Waals surface area contributed by atoms with Crippen molar-refractivity contribution in [2.24, 2.45) is 0 Å². The van der Waals surface area contributed by atoms with Gasteiger partial charge in [-0.2, -0.15) is 0 Å². The van der Waals surface area contributed by atoms with Crippen molar-refractivity contribution in [1.29, 1.82) is 0 Å². The molecule has 120 valence electrons. The van der Waals surface area contributed by atoms with Crippen LogP contribution in [0.25, 0.3) is 0 Å². The molecule has 0 bridgehead atoms. The van der Waals surface area contributed by atoms with Crippen LogP contribution >= 0.6 is 0 Å². The number of urea groups is 1. The van der Waals surface area contributed by atoms with Crippen molar-refractivity contribution in [3.63, 3.8) is 0 Å². The van der Waals surface area contributed by atoms with E-state index in [1.54, 1.807) is 47.5 Å². The SMILES string of the molecule is O=C1NC(=O)C2(CCN(C(=O)c3cccnc3)c3ccccc32)N1. The number of benzene rings is 1. The summed E-state index contributed by atoms with van der Waals surface area (Å²) in [4.78, 5) is 42.4. The van der Waals surface area contributed by atoms with E-state index in [1.807, 2.05) is 0 Å². The minimum atomic E-state index is -1.11. The van der Waals surface area contributed by atoms with Gasteiger partial charge in [0.05, 0.1) is 11.3 Å². The van der Waals surface area contributed by atoms with Gasteiger partial charge in [-0.1, -0.05) is 18.2 Å². The largest absolute Gasteiger partial charge is 0.322 e. The first kappa shape index (κ1) is 14.4. The summed E-state index contributed by atoms with van der Waals surface area (Å²) in [6.45, 7) is 0.318. The fourth-order valence-corrected chi connectivity index (χ4v) is 3.32. The van der Waals surface area contributed by atoms with E-state index in [0.29, 0.717) is 29.8 Å². The van der Waals surface area contributed by atoms with Crippen LogP contribution in [0.5, 0.6) is 0 Å². The molecule has 1 aromatic heterocycles. The molecule has 4 rings (SSSR count). The molecule has 24 heavy (non-hydrogen) atoms. The van der Waals surface area contributed by atoms with Gasteiger partial charge in [0, 0.05) is 30.9 Å². The third-order valence-electron chi connectivity index (χ3n) is 4.46. The summed E-state index contributed by atoms with van der Waals surface area (Å²) in [6, 6.07) is 10.0. The molecule has 2 aliphatic heterocycles. The number of nitrogens with one attached hydrogen (secondary N) is 2. The van der Waals surface area contributed by atoms with E-state index < -0.39 is 11.6 Å². The van der Waals surface area contributed by atoms with Gasteiger partial charge in [-0.15, -0.1) is 0 Å². The van der Waals surface area contributed by atoms with Gasteiger partial charge in [-0.3, -0.25) is 19.9 Å². The van der Waals surface area contributed by atoms with Crippen LogP contribution < -0.4 is 15.5 Å². The zero-order chi connectivity index (χ0) is 16.7. The normalized spacial score (nSPS) is 22.1. The Morgan fingerprint density at radius 2 is 2.00 bits per heavy atom. The van der Waals surface area contributed by atoms with Crippen LogP contribution in [0.15, 0.2) is 48.8 Å². The molecular weight excluding hydrogens is 308 g/mol. The number of amides is 4. The van der Waals surface area contributed by atoms with Crippen LogP contribution in [0, 0.1) is 0 Å². The average Bonchev–Trinajstić information content (AvgIpc) is 2.90. The third kappa shape index (κ3) is 1.98. The van der Waals surface area contributed by atoms with Crippen LogP contribution in [-0.2, 0) is 10.3 Å². The summed E-state index contributed by atoms with van der Waals surface area (Å²) in [7, 11) is 0. The summed E-state index contributed by atoms with van der Waals surface area (Å²) in [6.07, 6.45) is 3.43. The minimum absolute atomic E-state index is 0.185. The molecule has 0 aliphatic carbocycles. The first-order valence-corrected chi connectivity index (χ1v) is 7.57. The number of hydrogen-bond donors (Lipinski definition) is 2. The van der Waals surface area contributed by atoms with Gasteiger partial charge in [-0.05, 0) is 18.2 Å². The Balaban J connectivity index is 1.79. The van der Waals surface area contributed by atoms with Crippen LogP contribution in [0.2, 0.25) is 0 Å². The van der Waals surface area contributed by atoms with Crippen LogP contribution in [0.4, 0.5) is 10.5 Å². The summed E-state index contributed by atoms with van der Waals surface area (Å²) in [5, 5.41) is 5.02. The number of rotatable bonds is 1. The molecule has 1 fully saturated rings. The number of anilines is 1. The third-order valence-corrected chi connectivity index (χ3v) is 4.46. The second-order valence-corrected chi connectivity index (χ2v) is 5.78. The number of imide groups is 1. The maximum Gasteiger partial charge on any atom is 0.322 e. The summed E-state index contributed by atoms with van der Waals surface area (Å²) >= 11 is 0. The molecule has 4 amide bonds. The second-order valence-electron chi connectivity index (χ2n) is 5.78. The van der Waals surface area contributed by atoms with E-state index in [0.717, 1.165) is 0 Å². The molecule has 7 nitrogen and oxygen atoms in total. The number of carbonyl (C=O) groups excluding carboxylic acids is 3. The number of nitrogens with zero attached hydrogens (tertiary/aromatic N) is 2. The van der Waals surface area contributed by atoms with Gasteiger partial charge in [0.25, 0.3) is 11.8 Å². The van der Waals surface area contributed by atoms with Crippen molar-refractivity contribution in [2.75, 3.05) is 11.4 Å². The van der Waals surface area contributed by atoms with E-state index in [2.05, 4.69) is 15.6 Å². The van der Waals surface area contributed by atoms with E-state index >= 15 is 0 Å². The first-order chi connectivity index (χ1) is 11.6. The Hall–Kier alpha value is -3.22. The zero-order valence-electron chi connectivity index (χ0n) is 12.7. The molecule has 7 heteroatoms. The summed E-state index contributed by atoms with van der Waals surface area (Å²) in [5.41, 5.74) is 0.606. The molecule has 2 N–H and O–H groups in total. The quantitative estimate of drug-likeness (QED) is 0.771. The zero-order valence-corrected chi connectivity index (χ0v) is 12.7. The Labute approximate surface area is 137 Å². The Kier molecular flexibility index (Phi) is 3.09. The lowest BCUT2D eigenvalue weighted by Gasteiger charge is -2.38. The van der Waals surface area contributed by atoms with Crippen molar-refractivity contribution in [1.82, 2.24) is 15.6 Å². The smallest absolute Gasteiger partial charge is 0.319 e. The van der Waals surface area contributed by atoms with Gasteiger partial charge in [-0.25, -0.2) is 4.79 Å². The average molecular weight is 322 g/mol. The second kappa shape index (κ2) is 5.16. The molecule has 0 saturated carbocycles. The fourth-order valence-electron chi connectivity index (χ4n) is 3.32. The highest BCUT2D eigenvalue weighted by Gasteiger charge is 2.51. The maximum absolute atomic E-state index is 12.8. The Morgan fingerprint density at radius 3 is 2.71 bits per heavy atom. The standard InChI is InChI=1S/C17H14N4O3/c22-14(11-4-3-8-18-10-11)21-9-7-17(15(23)19-16(24)20-17)12-5-1-2-6-13(12)21/h1-6,8,10H,7,9H2,(H2,19,20,23,24). The molecule has 2 aliphatic rings. The lowest BCUT2D eigenvalue weighted by atomic mass is 9.82. The monoisotopic (exact) mass is 322 g/mol. The molecule has 1 aromatic carbocycles. The minimum Gasteiger partial charge on any atom is -0.319 e. The highest BCUT2D eigenvalue weighted by Crippen LogP contribution is 2.40. The van der Waals surface area contributed by atoms with E-state index in [4.69, 9.17) is 0 Å². The van der Waals surface area contributed by atoms with E-state index in [-0.39, 0.29) is 11.8 Å². The molecule has 3 heterocycles. The molecule has 1 saturated heterocycles. The van der Waals surface area contributed by atoms with Gasteiger partial charge >= 0.3 is 6.03 Å². The molecule has 1 spiro atoms. The van der Waals surface area contributed by atoms with Gasteiger partial charge in [0.1, 0.15) is 5.54 Å². The van der Waals surface area contributed by atoms with Crippen molar-refractivity contribution >= 4 is 23.5 Å². The Morgan fingerprint density at radius 1 is 1.17 bits per heavy atom. The van der Waals surface area contributed by atoms with Gasteiger partial charge in [0.2, 0.25) is 0 Å². The van der Waals surface area contributed by atoms with Crippen molar-refractivity contribution in [3.8, 4) is 0 Å². The molecule has 2 aromatic rings. The number of fused-ring (bicyclic) bond motifs is 2. The van der Waals surface area contributed by atoms with E-state index in [9.17, 15) is 14.4 Å². The van der Waals surface area contributed by atoms with Crippen LogP contribution in [-0.4, -0.2) is 29.4 Å². The highest BCUT2D eigenvalue weighted by molar-refractivity contribution is 6.11. The number of hydrogen-bond acceptors (Lipinski definition) is 4. The fraction of sp³-hybridized carbons (Fsp3) is 0.176. The number of aromatic nitrogens is 1. The van der Waals surface area contributed by atoms with Crippen molar-refractivity contribution in [3.05, 3.63) is 59.9 Å². The predicted octanol–water partition coefficient (Wildman–Crippen LogP) is 1.17. The molecule has 0 radical (unpaired) electrons. The number of carbonyl (C=O) groups is 3. The maximum atomic E-state index is 12.8. The molecule has 1 atom stereocenters. The molecular formula is C17H14N4O3. The van der Waals surface area contributed by atoms with Crippen LogP contribution in [0.3, 0.4) is 0 Å². The van der Waals surface area contributed by atoms with E-state index in [1.165, 1.54) is 6.20 Å². The Bertz CT molecular complexity index is 852. The predicted molar refractivity (Wildman–Crippen MR) is 85.3 cm³/mol. The number of para-hydroxylation sites is 1. The number of pyridine rings is 1. The highest BCUT2D eigenvalue weighted by atomic mass is 16.2. The summed E-state index contributed by atoms with van der Waals surface area (Å²) < 4.78 is 0. The van der Waals surface area contributed by atoms with Gasteiger partial charge < -0.3 is 10.2 Å². The first-order valence-electron chi connectivity index (χ1n) is 7.57. The molecule has 1 unspecified atom stereocenters. The van der Waals surface area contributed by atoms with Crippen molar-refractivity contribution in [2.45, 2.75) is 12.0 Å². The van der Waals surface area contributed by atoms with Gasteiger partial charge in [0.15, 0.2) is 0 Å².